The molecular weight excluding hydrogens is 368 g/mol. The summed E-state index contributed by atoms with van der Waals surface area (Å²) in [6.45, 7) is 8.21. The van der Waals surface area contributed by atoms with Gasteiger partial charge in [0.25, 0.3) is 11.6 Å². The minimum atomic E-state index is -0.508. The van der Waals surface area contributed by atoms with Crippen LogP contribution in [0.3, 0.4) is 0 Å². The highest BCUT2D eigenvalue weighted by molar-refractivity contribution is 5.95. The van der Waals surface area contributed by atoms with Crippen molar-refractivity contribution in [3.63, 3.8) is 0 Å². The molecule has 7 heteroatoms. The summed E-state index contributed by atoms with van der Waals surface area (Å²) >= 11 is 0. The Morgan fingerprint density at radius 2 is 1.69 bits per heavy atom. The number of benzene rings is 2. The Kier molecular flexibility index (Phi) is 5.59. The number of carbonyl (C=O) groups excluding carboxylic acids is 1. The van der Waals surface area contributed by atoms with Gasteiger partial charge in [0.1, 0.15) is 0 Å². The molecule has 0 unspecified atom stereocenters. The maximum Gasteiger partial charge on any atom is 0.271 e. The SMILES string of the molecule is Cc1cccc(C)c1-n1c(C)cc(/C=N/NC(=O)c2ccc([N+](=O)[O-])cc2)c1C. The first-order chi connectivity index (χ1) is 13.8. The maximum absolute atomic E-state index is 12.2. The number of hydrogen-bond acceptors (Lipinski definition) is 4. The third-order valence-electron chi connectivity index (χ3n) is 4.84. The summed E-state index contributed by atoms with van der Waals surface area (Å²) in [5.74, 6) is -0.431. The van der Waals surface area contributed by atoms with Gasteiger partial charge in [0.15, 0.2) is 0 Å². The van der Waals surface area contributed by atoms with Crippen LogP contribution < -0.4 is 5.43 Å². The Morgan fingerprint density at radius 1 is 1.07 bits per heavy atom. The third-order valence-corrected chi connectivity index (χ3v) is 4.84. The number of nitro benzene ring substituents is 1. The summed E-state index contributed by atoms with van der Waals surface area (Å²) in [5.41, 5.74) is 9.21. The average Bonchev–Trinajstić information content (AvgIpc) is 2.96. The van der Waals surface area contributed by atoms with E-state index in [1.807, 2.05) is 26.0 Å². The lowest BCUT2D eigenvalue weighted by atomic mass is 10.1. The van der Waals surface area contributed by atoms with Crippen LogP contribution >= 0.6 is 0 Å². The van der Waals surface area contributed by atoms with Gasteiger partial charge in [0, 0.05) is 34.6 Å². The summed E-state index contributed by atoms with van der Waals surface area (Å²) < 4.78 is 2.18. The minimum Gasteiger partial charge on any atom is -0.317 e. The molecule has 0 aliphatic heterocycles. The zero-order chi connectivity index (χ0) is 21.1. The van der Waals surface area contributed by atoms with Crippen molar-refractivity contribution >= 4 is 17.8 Å². The van der Waals surface area contributed by atoms with Crippen LogP contribution in [0.4, 0.5) is 5.69 Å². The van der Waals surface area contributed by atoms with Gasteiger partial charge >= 0.3 is 0 Å². The number of nitrogens with zero attached hydrogens (tertiary/aromatic N) is 3. The van der Waals surface area contributed by atoms with Crippen LogP contribution in [0.25, 0.3) is 5.69 Å². The third kappa shape index (κ3) is 4.08. The number of nitro groups is 1. The Hall–Kier alpha value is -3.74. The molecule has 0 bridgehead atoms. The zero-order valence-corrected chi connectivity index (χ0v) is 16.8. The number of rotatable bonds is 5. The number of hydrazone groups is 1. The second-order valence-corrected chi connectivity index (χ2v) is 6.91. The molecule has 29 heavy (non-hydrogen) atoms. The van der Waals surface area contributed by atoms with E-state index in [0.29, 0.717) is 5.56 Å². The number of hydrogen-bond donors (Lipinski definition) is 1. The molecule has 1 heterocycles. The topological polar surface area (TPSA) is 89.5 Å². The van der Waals surface area contributed by atoms with Gasteiger partial charge < -0.3 is 4.57 Å². The average molecular weight is 390 g/mol. The number of carbonyl (C=O) groups is 1. The lowest BCUT2D eigenvalue weighted by Crippen LogP contribution is -2.17. The van der Waals surface area contributed by atoms with Crippen molar-refractivity contribution in [3.8, 4) is 5.69 Å². The molecule has 1 aromatic heterocycles. The fourth-order valence-electron chi connectivity index (χ4n) is 3.38. The smallest absolute Gasteiger partial charge is 0.271 e. The van der Waals surface area contributed by atoms with Crippen molar-refractivity contribution in [2.24, 2.45) is 5.10 Å². The summed E-state index contributed by atoms with van der Waals surface area (Å²) in [5, 5.41) is 14.8. The second-order valence-electron chi connectivity index (χ2n) is 6.91. The van der Waals surface area contributed by atoms with Crippen molar-refractivity contribution in [2.45, 2.75) is 27.7 Å². The lowest BCUT2D eigenvalue weighted by Gasteiger charge is -2.15. The molecule has 0 saturated carbocycles. The van der Waals surface area contributed by atoms with E-state index >= 15 is 0 Å². The molecule has 0 saturated heterocycles. The first-order valence-corrected chi connectivity index (χ1v) is 9.13. The van der Waals surface area contributed by atoms with Crippen molar-refractivity contribution in [1.82, 2.24) is 9.99 Å². The van der Waals surface area contributed by atoms with Crippen molar-refractivity contribution in [2.75, 3.05) is 0 Å². The van der Waals surface area contributed by atoms with Gasteiger partial charge in [-0.1, -0.05) is 18.2 Å². The highest BCUT2D eigenvalue weighted by Crippen LogP contribution is 2.25. The van der Waals surface area contributed by atoms with E-state index < -0.39 is 10.8 Å². The summed E-state index contributed by atoms with van der Waals surface area (Å²) in [6.07, 6.45) is 1.61. The van der Waals surface area contributed by atoms with E-state index in [1.165, 1.54) is 35.4 Å². The van der Waals surface area contributed by atoms with Gasteiger partial charge in [-0.3, -0.25) is 14.9 Å². The minimum absolute atomic E-state index is 0.0658. The molecule has 0 aliphatic carbocycles. The van der Waals surface area contributed by atoms with Crippen molar-refractivity contribution in [1.29, 1.82) is 0 Å². The number of amides is 1. The van der Waals surface area contributed by atoms with Crippen LogP contribution in [0.1, 0.15) is 38.4 Å². The molecule has 0 aliphatic rings. The summed E-state index contributed by atoms with van der Waals surface area (Å²) in [6, 6.07) is 13.6. The highest BCUT2D eigenvalue weighted by atomic mass is 16.6. The molecule has 148 valence electrons. The quantitative estimate of drug-likeness (QED) is 0.398. The number of non-ortho nitro benzene ring substituents is 1. The second kappa shape index (κ2) is 8.10. The van der Waals surface area contributed by atoms with E-state index in [0.717, 1.165) is 22.6 Å². The maximum atomic E-state index is 12.2. The zero-order valence-electron chi connectivity index (χ0n) is 16.8. The predicted octanol–water partition coefficient (Wildman–Crippen LogP) is 4.38. The lowest BCUT2D eigenvalue weighted by molar-refractivity contribution is -0.384. The van der Waals surface area contributed by atoms with E-state index in [2.05, 4.69) is 41.1 Å². The van der Waals surface area contributed by atoms with Gasteiger partial charge in [-0.25, -0.2) is 5.43 Å². The summed E-state index contributed by atoms with van der Waals surface area (Å²) in [7, 11) is 0. The number of aryl methyl sites for hydroxylation is 3. The van der Waals surface area contributed by atoms with E-state index in [1.54, 1.807) is 6.21 Å². The molecule has 3 rings (SSSR count). The molecule has 1 N–H and O–H groups in total. The molecule has 0 spiro atoms. The summed E-state index contributed by atoms with van der Waals surface area (Å²) in [4.78, 5) is 22.4. The van der Waals surface area contributed by atoms with E-state index in [4.69, 9.17) is 0 Å². The Balaban J connectivity index is 1.80. The van der Waals surface area contributed by atoms with Crippen LogP contribution in [0.5, 0.6) is 0 Å². The van der Waals surface area contributed by atoms with Crippen LogP contribution in [-0.4, -0.2) is 21.6 Å². The number of aromatic nitrogens is 1. The largest absolute Gasteiger partial charge is 0.317 e. The van der Waals surface area contributed by atoms with Crippen molar-refractivity contribution < 1.29 is 9.72 Å². The molecule has 3 aromatic rings. The molecule has 0 radical (unpaired) electrons. The molecular formula is C22H22N4O3. The van der Waals surface area contributed by atoms with Crippen LogP contribution in [-0.2, 0) is 0 Å². The van der Waals surface area contributed by atoms with Gasteiger partial charge in [-0.05, 0) is 57.0 Å². The standard InChI is InChI=1S/C22H22N4O3/c1-14-6-5-7-15(2)21(14)25-16(3)12-19(17(25)4)13-23-24-22(27)18-8-10-20(11-9-18)26(28)29/h5-13H,1-4H3,(H,24,27)/b23-13+. The normalized spacial score (nSPS) is 11.0. The Morgan fingerprint density at radius 3 is 2.28 bits per heavy atom. The fourth-order valence-corrected chi connectivity index (χ4v) is 3.38. The highest BCUT2D eigenvalue weighted by Gasteiger charge is 2.13. The van der Waals surface area contributed by atoms with Crippen molar-refractivity contribution in [3.05, 3.63) is 92.3 Å². The molecule has 0 atom stereocenters. The molecule has 7 nitrogen and oxygen atoms in total. The van der Waals surface area contributed by atoms with Crippen LogP contribution in [0, 0.1) is 37.8 Å². The molecule has 1 amide bonds. The number of nitrogens with one attached hydrogen (secondary N) is 1. The monoisotopic (exact) mass is 390 g/mol. The van der Waals surface area contributed by atoms with Gasteiger partial charge in [0.2, 0.25) is 0 Å². The Labute approximate surface area is 168 Å². The number of para-hydroxylation sites is 1. The van der Waals surface area contributed by atoms with Crippen LogP contribution in [0.15, 0.2) is 53.6 Å². The van der Waals surface area contributed by atoms with E-state index in [9.17, 15) is 14.9 Å². The fraction of sp³-hybridized carbons (Fsp3) is 0.182. The van der Waals surface area contributed by atoms with Gasteiger partial charge in [-0.15, -0.1) is 0 Å². The Bertz CT molecular complexity index is 1090. The van der Waals surface area contributed by atoms with Crippen LogP contribution in [0.2, 0.25) is 0 Å². The first kappa shape index (κ1) is 20.0. The predicted molar refractivity (Wildman–Crippen MR) is 113 cm³/mol. The van der Waals surface area contributed by atoms with E-state index in [-0.39, 0.29) is 5.69 Å². The van der Waals surface area contributed by atoms with Gasteiger partial charge in [-0.2, -0.15) is 5.10 Å². The first-order valence-electron chi connectivity index (χ1n) is 9.13. The molecule has 2 aromatic carbocycles. The molecule has 0 fully saturated rings. The van der Waals surface area contributed by atoms with Gasteiger partial charge in [0.05, 0.1) is 16.8 Å².